The third-order valence-corrected chi connectivity index (χ3v) is 7.42. The molecular formula is C29H42N2O5. The van der Waals surface area contributed by atoms with Crippen molar-refractivity contribution in [1.29, 1.82) is 0 Å². The molecule has 2 heterocycles. The first-order valence-corrected chi connectivity index (χ1v) is 13.7. The molecule has 7 nitrogen and oxygen atoms in total. The van der Waals surface area contributed by atoms with Gasteiger partial charge >= 0.3 is 17.8 Å². The van der Waals surface area contributed by atoms with E-state index in [0.29, 0.717) is 43.6 Å². The van der Waals surface area contributed by atoms with Crippen LogP contribution in [0.5, 0.6) is 0 Å². The maximum absolute atomic E-state index is 12.8. The molecule has 198 valence electrons. The number of hydrogen-bond donors (Lipinski definition) is 2. The van der Waals surface area contributed by atoms with Crippen LogP contribution in [0.3, 0.4) is 0 Å². The van der Waals surface area contributed by atoms with E-state index in [1.807, 2.05) is 30.3 Å². The second-order valence-electron chi connectivity index (χ2n) is 10.0. The molecule has 2 N–H and O–H groups in total. The van der Waals surface area contributed by atoms with Crippen LogP contribution in [0.15, 0.2) is 42.5 Å². The lowest BCUT2D eigenvalue weighted by molar-refractivity contribution is -0.137. The number of aliphatic carboxylic acids is 1. The molecule has 3 rings (SSSR count). The van der Waals surface area contributed by atoms with Crippen LogP contribution >= 0.6 is 0 Å². The van der Waals surface area contributed by atoms with E-state index in [2.05, 4.69) is 24.4 Å². The highest BCUT2D eigenvalue weighted by molar-refractivity contribution is 6.40. The third-order valence-electron chi connectivity index (χ3n) is 7.42. The van der Waals surface area contributed by atoms with Crippen molar-refractivity contribution in [1.82, 2.24) is 5.32 Å². The summed E-state index contributed by atoms with van der Waals surface area (Å²) in [6.45, 7) is 3.10. The minimum absolute atomic E-state index is 0.218. The van der Waals surface area contributed by atoms with Gasteiger partial charge in [0.25, 0.3) is 0 Å². The molecule has 36 heavy (non-hydrogen) atoms. The molecule has 2 aliphatic rings. The highest BCUT2D eigenvalue weighted by atomic mass is 16.5. The zero-order chi connectivity index (χ0) is 25.8. The number of nitrogens with one attached hydrogen (secondary N) is 1. The Labute approximate surface area is 215 Å². The van der Waals surface area contributed by atoms with Crippen molar-refractivity contribution in [3.63, 3.8) is 0 Å². The number of carboxylic acids is 1. The summed E-state index contributed by atoms with van der Waals surface area (Å²) >= 11 is 0. The van der Waals surface area contributed by atoms with Crippen LogP contribution < -0.4 is 10.2 Å². The summed E-state index contributed by atoms with van der Waals surface area (Å²) in [7, 11) is 0. The fraction of sp³-hybridized carbons (Fsp3) is 0.621. The van der Waals surface area contributed by atoms with Gasteiger partial charge in [-0.15, -0.1) is 0 Å². The first-order chi connectivity index (χ1) is 17.5. The Balaban J connectivity index is 1.39. The zero-order valence-corrected chi connectivity index (χ0v) is 21.6. The van der Waals surface area contributed by atoms with Crippen LogP contribution in [0.2, 0.25) is 0 Å². The summed E-state index contributed by atoms with van der Waals surface area (Å²) in [6, 6.07) is 9.37. The van der Waals surface area contributed by atoms with Gasteiger partial charge in [-0.05, 0) is 75.3 Å². The molecule has 1 aromatic carbocycles. The molecule has 1 aromatic rings. The molecule has 0 unspecified atom stereocenters. The number of hydrogen-bond acceptors (Lipinski definition) is 4. The van der Waals surface area contributed by atoms with E-state index < -0.39 is 17.8 Å². The van der Waals surface area contributed by atoms with Gasteiger partial charge in [-0.2, -0.15) is 0 Å². The zero-order valence-electron chi connectivity index (χ0n) is 21.6. The van der Waals surface area contributed by atoms with Crippen molar-refractivity contribution in [3.8, 4) is 0 Å². The van der Waals surface area contributed by atoms with E-state index in [9.17, 15) is 14.4 Å². The highest BCUT2D eigenvalue weighted by Gasteiger charge is 2.47. The van der Waals surface area contributed by atoms with E-state index in [1.54, 1.807) is 4.90 Å². The van der Waals surface area contributed by atoms with Gasteiger partial charge in [0, 0.05) is 25.2 Å². The van der Waals surface area contributed by atoms with E-state index >= 15 is 0 Å². The smallest absolute Gasteiger partial charge is 0.316 e. The molecule has 0 aliphatic carbocycles. The molecule has 2 aliphatic heterocycles. The van der Waals surface area contributed by atoms with Crippen molar-refractivity contribution in [2.24, 2.45) is 11.8 Å². The highest BCUT2D eigenvalue weighted by Crippen LogP contribution is 2.47. The normalized spacial score (nSPS) is 22.7. The predicted molar refractivity (Wildman–Crippen MR) is 141 cm³/mol. The average Bonchev–Trinajstić information content (AvgIpc) is 3.48. The molecule has 2 fully saturated rings. The number of anilines is 1. The van der Waals surface area contributed by atoms with Crippen LogP contribution in [0, 0.1) is 11.8 Å². The summed E-state index contributed by atoms with van der Waals surface area (Å²) in [5.74, 6) is -0.716. The SMILES string of the molecule is CCCCN(C(=O)C(=O)NCCCC[C@H]1[C@@H](CC=CCCCC(=O)O)[C@H]2CC[C@@H]1O2)c1ccccc1. The quantitative estimate of drug-likeness (QED) is 0.199. The number of fused-ring (bicyclic) bond motifs is 2. The van der Waals surface area contributed by atoms with E-state index in [4.69, 9.17) is 9.84 Å². The minimum Gasteiger partial charge on any atom is -0.481 e. The second kappa shape index (κ2) is 14.8. The Morgan fingerprint density at radius 1 is 1.03 bits per heavy atom. The number of carboxylic acid groups (broad SMARTS) is 1. The Bertz CT molecular complexity index is 872. The number of benzene rings is 1. The maximum atomic E-state index is 12.8. The van der Waals surface area contributed by atoms with Gasteiger partial charge in [-0.3, -0.25) is 14.4 Å². The number of carbonyl (C=O) groups excluding carboxylic acids is 2. The van der Waals surface area contributed by atoms with E-state index in [1.165, 1.54) is 0 Å². The Morgan fingerprint density at radius 2 is 1.78 bits per heavy atom. The monoisotopic (exact) mass is 498 g/mol. The van der Waals surface area contributed by atoms with Crippen molar-refractivity contribution in [3.05, 3.63) is 42.5 Å². The van der Waals surface area contributed by atoms with Gasteiger partial charge in [0.15, 0.2) is 0 Å². The Kier molecular flexibility index (Phi) is 11.5. The van der Waals surface area contributed by atoms with Crippen molar-refractivity contribution in [2.75, 3.05) is 18.0 Å². The number of rotatable bonds is 15. The molecule has 2 bridgehead atoms. The van der Waals surface area contributed by atoms with Crippen LogP contribution in [-0.2, 0) is 19.1 Å². The Hall–Kier alpha value is -2.67. The van der Waals surface area contributed by atoms with Gasteiger partial charge in [0.1, 0.15) is 0 Å². The molecule has 4 atom stereocenters. The summed E-state index contributed by atoms with van der Waals surface area (Å²) < 4.78 is 6.20. The predicted octanol–water partition coefficient (Wildman–Crippen LogP) is 5.10. The van der Waals surface area contributed by atoms with Crippen LogP contribution in [0.25, 0.3) is 0 Å². The minimum atomic E-state index is -0.740. The van der Waals surface area contributed by atoms with Crippen molar-refractivity contribution in [2.45, 2.75) is 89.8 Å². The number of para-hydroxylation sites is 1. The molecule has 2 saturated heterocycles. The molecular weight excluding hydrogens is 456 g/mol. The second-order valence-corrected chi connectivity index (χ2v) is 10.0. The lowest BCUT2D eigenvalue weighted by atomic mass is 9.75. The van der Waals surface area contributed by atoms with E-state index in [0.717, 1.165) is 63.5 Å². The molecule has 2 amide bonds. The van der Waals surface area contributed by atoms with Gasteiger partial charge in [0.2, 0.25) is 0 Å². The number of ether oxygens (including phenoxy) is 1. The van der Waals surface area contributed by atoms with Gasteiger partial charge in [-0.1, -0.05) is 50.1 Å². The fourth-order valence-electron chi connectivity index (χ4n) is 5.52. The lowest BCUT2D eigenvalue weighted by Gasteiger charge is -2.27. The summed E-state index contributed by atoms with van der Waals surface area (Å²) in [6.07, 6.45) is 14.6. The Morgan fingerprint density at radius 3 is 2.50 bits per heavy atom. The van der Waals surface area contributed by atoms with Crippen molar-refractivity contribution < 1.29 is 24.2 Å². The summed E-state index contributed by atoms with van der Waals surface area (Å²) in [5.41, 5.74) is 0.754. The largest absolute Gasteiger partial charge is 0.481 e. The molecule has 7 heteroatoms. The maximum Gasteiger partial charge on any atom is 0.316 e. The molecule has 0 radical (unpaired) electrons. The summed E-state index contributed by atoms with van der Waals surface area (Å²) in [5, 5.41) is 11.6. The number of amides is 2. The number of unbranched alkanes of at least 4 members (excludes halogenated alkanes) is 3. The van der Waals surface area contributed by atoms with Crippen LogP contribution in [-0.4, -0.2) is 48.2 Å². The third kappa shape index (κ3) is 8.19. The average molecular weight is 499 g/mol. The van der Waals surface area contributed by atoms with Crippen LogP contribution in [0.1, 0.15) is 77.6 Å². The van der Waals surface area contributed by atoms with Crippen LogP contribution in [0.4, 0.5) is 5.69 Å². The molecule has 0 aromatic heterocycles. The molecule has 0 saturated carbocycles. The first kappa shape index (κ1) is 27.9. The van der Waals surface area contributed by atoms with Gasteiger partial charge < -0.3 is 20.1 Å². The fourth-order valence-corrected chi connectivity index (χ4v) is 5.52. The standard InChI is InChI=1S/C29H42N2O5/c1-2-3-21-31(22-13-7-6-8-14-22)29(35)28(34)30-20-12-11-16-24-23(25-18-19-26(24)36-25)15-9-4-5-10-17-27(32)33/h4,6-9,13-14,23-26H,2-3,5,10-12,15-21H2,1H3,(H,30,34)(H,32,33)/t23-,24+,25-,26+/m1/s1. The van der Waals surface area contributed by atoms with Gasteiger partial charge in [-0.25, -0.2) is 0 Å². The number of carbonyl (C=O) groups is 3. The number of nitrogens with zero attached hydrogens (tertiary/aromatic N) is 1. The first-order valence-electron chi connectivity index (χ1n) is 13.7. The van der Waals surface area contributed by atoms with E-state index in [-0.39, 0.29) is 6.42 Å². The topological polar surface area (TPSA) is 95.9 Å². The lowest BCUT2D eigenvalue weighted by Crippen LogP contribution is -2.44. The van der Waals surface area contributed by atoms with Crippen molar-refractivity contribution >= 4 is 23.5 Å². The molecule has 0 spiro atoms. The summed E-state index contributed by atoms with van der Waals surface area (Å²) in [4.78, 5) is 37.6. The number of allylic oxidation sites excluding steroid dienone is 2. The van der Waals surface area contributed by atoms with Gasteiger partial charge in [0.05, 0.1) is 12.2 Å².